The van der Waals surface area contributed by atoms with Crippen LogP contribution in [0.4, 0.5) is 4.79 Å². The Bertz CT molecular complexity index is 369. The van der Waals surface area contributed by atoms with Crippen LogP contribution < -0.4 is 5.32 Å². The second-order valence-electron chi connectivity index (χ2n) is 5.34. The van der Waals surface area contributed by atoms with Crippen molar-refractivity contribution in [1.29, 1.82) is 0 Å². The molecule has 94 valence electrons. The van der Waals surface area contributed by atoms with Crippen molar-refractivity contribution in [2.24, 2.45) is 5.92 Å². The lowest BCUT2D eigenvalue weighted by Gasteiger charge is -2.25. The number of amides is 1. The van der Waals surface area contributed by atoms with Gasteiger partial charge in [0.1, 0.15) is 11.7 Å². The first-order chi connectivity index (χ1) is 7.87. The first kappa shape index (κ1) is 12.0. The van der Waals surface area contributed by atoms with E-state index in [2.05, 4.69) is 5.32 Å². The molecule has 2 bridgehead atoms. The molecule has 17 heavy (non-hydrogen) atoms. The highest BCUT2D eigenvalue weighted by atomic mass is 16.6. The highest BCUT2D eigenvalue weighted by Gasteiger charge is 2.46. The van der Waals surface area contributed by atoms with Crippen molar-refractivity contribution in [3.63, 3.8) is 0 Å². The highest BCUT2D eigenvalue weighted by Crippen LogP contribution is 2.30. The molecule has 2 rings (SSSR count). The van der Waals surface area contributed by atoms with Gasteiger partial charge in [0.05, 0.1) is 12.0 Å². The number of alkyl carbamates (subject to hydrolysis) is 1. The number of carbonyl (C=O) groups excluding carboxylic acids is 2. The molecule has 0 aromatic carbocycles. The molecule has 5 nitrogen and oxygen atoms in total. The third-order valence-electron chi connectivity index (χ3n) is 2.74. The molecule has 1 aliphatic heterocycles. The first-order valence-corrected chi connectivity index (χ1v) is 5.73. The highest BCUT2D eigenvalue weighted by molar-refractivity contribution is 5.79. The summed E-state index contributed by atoms with van der Waals surface area (Å²) in [5.74, 6) is -0.529. The summed E-state index contributed by atoms with van der Waals surface area (Å²) < 4.78 is 10.3. The lowest BCUT2D eigenvalue weighted by molar-refractivity contribution is -0.142. The molecule has 1 heterocycles. The SMILES string of the molecule is CC(C)(C)OC(=O)N[C@H]1[C@@H]2C=CC[C@H]1C(=O)O2. The number of rotatable bonds is 1. The average Bonchev–Trinajstić information content (AvgIpc) is 2.36. The van der Waals surface area contributed by atoms with Gasteiger partial charge < -0.3 is 14.8 Å². The lowest BCUT2D eigenvalue weighted by Crippen LogP contribution is -2.47. The number of ether oxygens (including phenoxy) is 2. The summed E-state index contributed by atoms with van der Waals surface area (Å²) in [6.07, 6.45) is 3.46. The van der Waals surface area contributed by atoms with Gasteiger partial charge in [0.25, 0.3) is 0 Å². The van der Waals surface area contributed by atoms with E-state index in [9.17, 15) is 9.59 Å². The topological polar surface area (TPSA) is 64.6 Å². The van der Waals surface area contributed by atoms with Crippen molar-refractivity contribution in [2.45, 2.75) is 44.9 Å². The molecule has 1 aliphatic carbocycles. The molecule has 1 saturated heterocycles. The van der Waals surface area contributed by atoms with Crippen LogP contribution in [0.15, 0.2) is 12.2 Å². The van der Waals surface area contributed by atoms with Crippen LogP contribution in [0.25, 0.3) is 0 Å². The van der Waals surface area contributed by atoms with Gasteiger partial charge in [-0.1, -0.05) is 6.08 Å². The summed E-state index contributed by atoms with van der Waals surface area (Å²) in [7, 11) is 0. The predicted molar refractivity (Wildman–Crippen MR) is 60.3 cm³/mol. The van der Waals surface area contributed by atoms with E-state index in [1.165, 1.54) is 0 Å². The quantitative estimate of drug-likeness (QED) is 0.554. The zero-order valence-electron chi connectivity index (χ0n) is 10.2. The van der Waals surface area contributed by atoms with E-state index in [0.717, 1.165) is 0 Å². The monoisotopic (exact) mass is 239 g/mol. The largest absolute Gasteiger partial charge is 0.456 e. The second kappa shape index (κ2) is 4.05. The van der Waals surface area contributed by atoms with Crippen molar-refractivity contribution in [3.8, 4) is 0 Å². The molecule has 5 heteroatoms. The van der Waals surface area contributed by atoms with Gasteiger partial charge in [0.15, 0.2) is 0 Å². The Kier molecular flexibility index (Phi) is 2.85. The maximum atomic E-state index is 11.6. The number of fused-ring (bicyclic) bond motifs is 2. The lowest BCUT2D eigenvalue weighted by atomic mass is 9.90. The molecule has 0 saturated carbocycles. The third kappa shape index (κ3) is 2.60. The summed E-state index contributed by atoms with van der Waals surface area (Å²) in [5.41, 5.74) is -0.543. The van der Waals surface area contributed by atoms with Gasteiger partial charge >= 0.3 is 12.1 Å². The summed E-state index contributed by atoms with van der Waals surface area (Å²) in [4.78, 5) is 23.1. The van der Waals surface area contributed by atoms with Crippen molar-refractivity contribution in [1.82, 2.24) is 5.32 Å². The second-order valence-corrected chi connectivity index (χ2v) is 5.34. The maximum absolute atomic E-state index is 11.6. The third-order valence-corrected chi connectivity index (χ3v) is 2.74. The van der Waals surface area contributed by atoms with Gasteiger partial charge in [-0.25, -0.2) is 4.79 Å². The van der Waals surface area contributed by atoms with E-state index in [1.54, 1.807) is 20.8 Å². The van der Waals surface area contributed by atoms with Crippen molar-refractivity contribution in [2.75, 3.05) is 0 Å². The van der Waals surface area contributed by atoms with Crippen LogP contribution in [0.3, 0.4) is 0 Å². The normalized spacial score (nSPS) is 31.0. The number of carbonyl (C=O) groups is 2. The van der Waals surface area contributed by atoms with Gasteiger partial charge in [0, 0.05) is 0 Å². The fraction of sp³-hybridized carbons (Fsp3) is 0.667. The molecule has 1 N–H and O–H groups in total. The van der Waals surface area contributed by atoms with Gasteiger partial charge in [-0.05, 0) is 33.3 Å². The predicted octanol–water partition coefficient (Wildman–Crippen LogP) is 1.38. The van der Waals surface area contributed by atoms with E-state index in [4.69, 9.17) is 9.47 Å². The Morgan fingerprint density at radius 1 is 1.53 bits per heavy atom. The van der Waals surface area contributed by atoms with Crippen LogP contribution in [0, 0.1) is 5.92 Å². The molecular weight excluding hydrogens is 222 g/mol. The Balaban J connectivity index is 1.98. The van der Waals surface area contributed by atoms with E-state index in [1.807, 2.05) is 12.2 Å². The fourth-order valence-electron chi connectivity index (χ4n) is 2.06. The van der Waals surface area contributed by atoms with E-state index in [-0.39, 0.29) is 24.0 Å². The minimum absolute atomic E-state index is 0.249. The molecule has 2 aliphatic rings. The standard InChI is InChI=1S/C12H17NO4/c1-12(2,3)17-11(15)13-9-7-5-4-6-8(9)16-10(7)14/h4,6-9H,5H2,1-3H3,(H,13,15)/t7-,8+,9-/m1/s1. The van der Waals surface area contributed by atoms with Crippen molar-refractivity contribution in [3.05, 3.63) is 12.2 Å². The molecular formula is C12H17NO4. The number of nitrogens with one attached hydrogen (secondary N) is 1. The van der Waals surface area contributed by atoms with Gasteiger partial charge in [-0.3, -0.25) is 4.79 Å². The zero-order chi connectivity index (χ0) is 12.6. The van der Waals surface area contributed by atoms with Crippen LogP contribution in [0.2, 0.25) is 0 Å². The Hall–Kier alpha value is -1.52. The summed E-state index contributed by atoms with van der Waals surface area (Å²) in [6.45, 7) is 5.39. The van der Waals surface area contributed by atoms with Gasteiger partial charge in [0.2, 0.25) is 0 Å². The minimum Gasteiger partial charge on any atom is -0.456 e. The smallest absolute Gasteiger partial charge is 0.408 e. The number of hydrogen-bond acceptors (Lipinski definition) is 4. The van der Waals surface area contributed by atoms with E-state index in [0.29, 0.717) is 6.42 Å². The van der Waals surface area contributed by atoms with Crippen LogP contribution in [-0.2, 0) is 14.3 Å². The molecule has 1 amide bonds. The van der Waals surface area contributed by atoms with E-state index < -0.39 is 11.7 Å². The summed E-state index contributed by atoms with van der Waals surface area (Å²) >= 11 is 0. The van der Waals surface area contributed by atoms with Gasteiger partial charge in [-0.2, -0.15) is 0 Å². The molecule has 0 unspecified atom stereocenters. The summed E-state index contributed by atoms with van der Waals surface area (Å²) in [6, 6.07) is -0.303. The zero-order valence-corrected chi connectivity index (χ0v) is 10.2. The first-order valence-electron chi connectivity index (χ1n) is 5.73. The Labute approximate surface area is 100 Å². The van der Waals surface area contributed by atoms with Crippen molar-refractivity contribution < 1.29 is 19.1 Å². The number of allylic oxidation sites excluding steroid dienone is 1. The van der Waals surface area contributed by atoms with Gasteiger partial charge in [-0.15, -0.1) is 0 Å². The average molecular weight is 239 g/mol. The maximum Gasteiger partial charge on any atom is 0.408 e. The number of esters is 1. The van der Waals surface area contributed by atoms with Crippen LogP contribution in [0.5, 0.6) is 0 Å². The summed E-state index contributed by atoms with van der Waals surface area (Å²) in [5, 5.41) is 2.71. The van der Waals surface area contributed by atoms with Crippen molar-refractivity contribution >= 4 is 12.1 Å². The molecule has 1 fully saturated rings. The molecule has 3 atom stereocenters. The minimum atomic E-state index is -0.543. The molecule has 0 aromatic rings. The van der Waals surface area contributed by atoms with Crippen LogP contribution in [-0.4, -0.2) is 29.8 Å². The molecule has 0 spiro atoms. The molecule has 0 aromatic heterocycles. The Morgan fingerprint density at radius 3 is 2.82 bits per heavy atom. The Morgan fingerprint density at radius 2 is 2.24 bits per heavy atom. The van der Waals surface area contributed by atoms with Crippen LogP contribution >= 0.6 is 0 Å². The molecule has 0 radical (unpaired) electrons. The van der Waals surface area contributed by atoms with Crippen LogP contribution in [0.1, 0.15) is 27.2 Å². The van der Waals surface area contributed by atoms with E-state index >= 15 is 0 Å². The number of hydrogen-bond donors (Lipinski definition) is 1. The fourth-order valence-corrected chi connectivity index (χ4v) is 2.06.